The third-order valence-corrected chi connectivity index (χ3v) is 5.16. The number of halogens is 2. The lowest BCUT2D eigenvalue weighted by atomic mass is 9.83. The summed E-state index contributed by atoms with van der Waals surface area (Å²) in [5.74, 6) is -0.464. The Bertz CT molecular complexity index is 822. The van der Waals surface area contributed by atoms with Crippen LogP contribution in [0.4, 0.5) is 8.78 Å². The topological polar surface area (TPSA) is 61.2 Å². The zero-order valence-electron chi connectivity index (χ0n) is 14.9. The fourth-order valence-corrected chi connectivity index (χ4v) is 3.86. The molecule has 0 unspecified atom stereocenters. The van der Waals surface area contributed by atoms with Crippen LogP contribution in [0.3, 0.4) is 0 Å². The lowest BCUT2D eigenvalue weighted by Gasteiger charge is -2.30. The van der Waals surface area contributed by atoms with E-state index in [9.17, 15) is 18.4 Å². The number of alkyl halides is 2. The molecule has 0 spiro atoms. The first-order valence-corrected chi connectivity index (χ1v) is 8.91. The summed E-state index contributed by atoms with van der Waals surface area (Å²) in [4.78, 5) is 28.2. The summed E-state index contributed by atoms with van der Waals surface area (Å²) in [7, 11) is 0. The van der Waals surface area contributed by atoms with Crippen molar-refractivity contribution in [1.29, 1.82) is 0 Å². The number of ketones is 1. The number of carbonyl (C=O) groups is 2. The summed E-state index contributed by atoms with van der Waals surface area (Å²) in [6, 6.07) is 2.94. The highest BCUT2D eigenvalue weighted by Gasteiger charge is 2.34. The van der Waals surface area contributed by atoms with Crippen molar-refractivity contribution < 1.29 is 23.1 Å². The number of aromatic nitrogens is 2. The molecule has 0 saturated heterocycles. The number of ether oxygens (including phenoxy) is 1. The molecule has 1 fully saturated rings. The summed E-state index contributed by atoms with van der Waals surface area (Å²) in [5, 5.41) is 0.375. The maximum atomic E-state index is 14.0. The largest absolute Gasteiger partial charge is 0.462 e. The van der Waals surface area contributed by atoms with Crippen molar-refractivity contribution in [3.63, 3.8) is 0 Å². The van der Waals surface area contributed by atoms with E-state index in [1.54, 1.807) is 19.1 Å². The molecule has 1 atom stereocenters. The second-order valence-electron chi connectivity index (χ2n) is 6.64. The molecule has 2 heterocycles. The minimum atomic E-state index is -2.84. The van der Waals surface area contributed by atoms with Crippen molar-refractivity contribution in [3.8, 4) is 0 Å². The van der Waals surface area contributed by atoms with Crippen molar-refractivity contribution in [2.75, 3.05) is 6.61 Å². The van der Waals surface area contributed by atoms with Crippen LogP contribution in [0.1, 0.15) is 68.0 Å². The van der Waals surface area contributed by atoms with Crippen LogP contribution in [0.25, 0.3) is 11.0 Å². The summed E-state index contributed by atoms with van der Waals surface area (Å²) in [5.41, 5.74) is -0.0968. The predicted molar refractivity (Wildman–Crippen MR) is 92.3 cm³/mol. The van der Waals surface area contributed by atoms with Crippen LogP contribution in [-0.4, -0.2) is 27.9 Å². The van der Waals surface area contributed by atoms with E-state index in [0.717, 1.165) is 0 Å². The molecule has 26 heavy (non-hydrogen) atoms. The highest BCUT2D eigenvalue weighted by molar-refractivity contribution is 6.05. The minimum Gasteiger partial charge on any atom is -0.462 e. The number of nitrogens with zero attached hydrogens (tertiary/aromatic N) is 2. The maximum Gasteiger partial charge on any atom is 0.340 e. The second-order valence-corrected chi connectivity index (χ2v) is 6.64. The number of rotatable bonds is 5. The van der Waals surface area contributed by atoms with Crippen LogP contribution >= 0.6 is 0 Å². The molecule has 140 valence electrons. The van der Waals surface area contributed by atoms with Gasteiger partial charge in [0.1, 0.15) is 17.1 Å². The van der Waals surface area contributed by atoms with E-state index in [2.05, 4.69) is 4.98 Å². The molecular formula is C19H22F2N2O3. The van der Waals surface area contributed by atoms with Gasteiger partial charge in [-0.2, -0.15) is 0 Å². The van der Waals surface area contributed by atoms with Crippen LogP contribution in [0.2, 0.25) is 0 Å². The van der Waals surface area contributed by atoms with Gasteiger partial charge < -0.3 is 9.30 Å². The number of pyridine rings is 1. The monoisotopic (exact) mass is 364 g/mol. The first kappa shape index (κ1) is 18.5. The van der Waals surface area contributed by atoms with Gasteiger partial charge in [-0.3, -0.25) is 4.79 Å². The first-order chi connectivity index (χ1) is 12.5. The molecule has 0 aromatic carbocycles. The average molecular weight is 364 g/mol. The molecule has 1 aliphatic rings. The smallest absolute Gasteiger partial charge is 0.340 e. The van der Waals surface area contributed by atoms with Gasteiger partial charge in [0.2, 0.25) is 0 Å². The van der Waals surface area contributed by atoms with Gasteiger partial charge in [-0.05, 0) is 44.7 Å². The Morgan fingerprint density at radius 3 is 2.69 bits per heavy atom. The quantitative estimate of drug-likeness (QED) is 0.735. The molecule has 1 saturated carbocycles. The van der Waals surface area contributed by atoms with Gasteiger partial charge in [0.15, 0.2) is 0 Å². The van der Waals surface area contributed by atoms with Gasteiger partial charge in [-0.25, -0.2) is 18.6 Å². The third-order valence-electron chi connectivity index (χ3n) is 5.16. The van der Waals surface area contributed by atoms with Gasteiger partial charge in [0.25, 0.3) is 6.43 Å². The van der Waals surface area contributed by atoms with Gasteiger partial charge in [0, 0.05) is 30.5 Å². The molecule has 0 N–H and O–H groups in total. The maximum absolute atomic E-state index is 14.0. The fraction of sp³-hybridized carbons (Fsp3) is 0.526. The van der Waals surface area contributed by atoms with Crippen molar-refractivity contribution in [2.24, 2.45) is 5.92 Å². The summed E-state index contributed by atoms with van der Waals surface area (Å²) in [6.07, 6.45) is 0.942. The van der Waals surface area contributed by atoms with Crippen LogP contribution < -0.4 is 0 Å². The number of carbonyl (C=O) groups excluding carboxylic acids is 2. The molecule has 2 aromatic rings. The average Bonchev–Trinajstić information content (AvgIpc) is 2.97. The third kappa shape index (κ3) is 3.22. The number of hydrogen-bond donors (Lipinski definition) is 0. The number of Topliss-reactive ketones (excluding diaryl/α,β-unsaturated/α-hetero) is 1. The molecule has 7 heteroatoms. The Labute approximate surface area is 150 Å². The molecule has 5 nitrogen and oxygen atoms in total. The van der Waals surface area contributed by atoms with Crippen molar-refractivity contribution >= 4 is 22.8 Å². The zero-order valence-corrected chi connectivity index (χ0v) is 14.9. The molecule has 1 aliphatic carbocycles. The molecule has 3 rings (SSSR count). The van der Waals surface area contributed by atoms with Crippen molar-refractivity contribution in [2.45, 2.75) is 52.0 Å². The van der Waals surface area contributed by atoms with Gasteiger partial charge >= 0.3 is 5.97 Å². The van der Waals surface area contributed by atoms with Crippen LogP contribution in [0.15, 0.2) is 18.3 Å². The molecule has 0 aliphatic heterocycles. The van der Waals surface area contributed by atoms with E-state index >= 15 is 0 Å². The van der Waals surface area contributed by atoms with Crippen molar-refractivity contribution in [1.82, 2.24) is 9.55 Å². The molecule has 0 amide bonds. The number of hydrogen-bond acceptors (Lipinski definition) is 4. The zero-order chi connectivity index (χ0) is 18.8. The summed E-state index contributed by atoms with van der Waals surface area (Å²) in [6.45, 7) is 3.60. The number of fused-ring (bicyclic) bond motifs is 1. The second kappa shape index (κ2) is 7.51. The van der Waals surface area contributed by atoms with Crippen molar-refractivity contribution in [3.05, 3.63) is 29.6 Å². The van der Waals surface area contributed by atoms with E-state index in [1.165, 1.54) is 10.8 Å². The van der Waals surface area contributed by atoms with Crippen LogP contribution in [0, 0.1) is 5.92 Å². The van der Waals surface area contributed by atoms with Gasteiger partial charge in [-0.1, -0.05) is 0 Å². The molecular weight excluding hydrogens is 342 g/mol. The number of esters is 1. The van der Waals surface area contributed by atoms with Gasteiger partial charge in [0.05, 0.1) is 12.2 Å². The van der Waals surface area contributed by atoms with Crippen LogP contribution in [0.5, 0.6) is 0 Å². The predicted octanol–water partition coefficient (Wildman–Crippen LogP) is 4.47. The first-order valence-electron chi connectivity index (χ1n) is 8.91. The molecule has 0 bridgehead atoms. The van der Waals surface area contributed by atoms with E-state index in [0.29, 0.717) is 36.7 Å². The SMILES string of the molecule is CCOC(=O)c1c(C(F)F)n([C@H](C)C2CCC(=O)CC2)c2ncccc12. The summed E-state index contributed by atoms with van der Waals surface area (Å²) < 4.78 is 34.5. The Kier molecular flexibility index (Phi) is 5.34. The summed E-state index contributed by atoms with van der Waals surface area (Å²) >= 11 is 0. The van der Waals surface area contributed by atoms with E-state index in [1.807, 2.05) is 6.92 Å². The standard InChI is InChI=1S/C19H22F2N2O3/c1-3-26-19(25)15-14-5-4-10-22-18(14)23(16(15)17(20)21)11(2)12-6-8-13(24)9-7-12/h4-5,10-12,17H,3,6-9H2,1-2H3/t11-/m1/s1. The van der Waals surface area contributed by atoms with E-state index in [-0.39, 0.29) is 35.6 Å². The van der Waals surface area contributed by atoms with Crippen LogP contribution in [-0.2, 0) is 9.53 Å². The normalized spacial score (nSPS) is 17.0. The van der Waals surface area contributed by atoms with Gasteiger partial charge in [-0.15, -0.1) is 0 Å². The fourth-order valence-electron chi connectivity index (χ4n) is 3.86. The Morgan fingerprint density at radius 1 is 1.38 bits per heavy atom. The van der Waals surface area contributed by atoms with E-state index in [4.69, 9.17) is 4.74 Å². The Hall–Kier alpha value is -2.31. The highest BCUT2D eigenvalue weighted by atomic mass is 19.3. The Balaban J connectivity index is 2.16. The highest BCUT2D eigenvalue weighted by Crippen LogP contribution is 2.40. The lowest BCUT2D eigenvalue weighted by molar-refractivity contribution is -0.121. The molecule has 0 radical (unpaired) electrons. The lowest BCUT2D eigenvalue weighted by Crippen LogP contribution is -2.24. The minimum absolute atomic E-state index is 0.0813. The molecule has 2 aromatic heterocycles. The van der Waals surface area contributed by atoms with E-state index < -0.39 is 12.4 Å². The Morgan fingerprint density at radius 2 is 2.08 bits per heavy atom.